The summed E-state index contributed by atoms with van der Waals surface area (Å²) in [6, 6.07) is 23.2. The second-order valence-electron chi connectivity index (χ2n) is 8.54. The van der Waals surface area contributed by atoms with Crippen molar-refractivity contribution in [3.8, 4) is 23.1 Å². The summed E-state index contributed by atoms with van der Waals surface area (Å²) in [5.41, 5.74) is 2.41. The van der Waals surface area contributed by atoms with Crippen molar-refractivity contribution >= 4 is 5.91 Å². The minimum Gasteiger partial charge on any atom is -0.497 e. The fourth-order valence-corrected chi connectivity index (χ4v) is 4.06. The fraction of sp³-hybridized carbons (Fsp3) is 0.214. The van der Waals surface area contributed by atoms with Crippen molar-refractivity contribution in [3.63, 3.8) is 0 Å². The number of para-hydroxylation sites is 1. The van der Waals surface area contributed by atoms with E-state index in [-0.39, 0.29) is 24.1 Å². The lowest BCUT2D eigenvalue weighted by Gasteiger charge is -2.23. The number of rotatable bonds is 8. The van der Waals surface area contributed by atoms with Crippen LogP contribution in [0.3, 0.4) is 0 Å². The van der Waals surface area contributed by atoms with Crippen molar-refractivity contribution in [1.82, 2.24) is 14.7 Å². The average Bonchev–Trinajstić information content (AvgIpc) is 3.68. The van der Waals surface area contributed by atoms with Crippen LogP contribution in [0.5, 0.6) is 17.4 Å². The topological polar surface area (TPSA) is 56.6 Å². The van der Waals surface area contributed by atoms with Crippen LogP contribution in [0.2, 0.25) is 0 Å². The Hall–Kier alpha value is -4.13. The van der Waals surface area contributed by atoms with Crippen LogP contribution in [0.15, 0.2) is 78.9 Å². The third-order valence-corrected chi connectivity index (χ3v) is 6.07. The summed E-state index contributed by atoms with van der Waals surface area (Å²) in [6.07, 6.45) is 1.77. The van der Waals surface area contributed by atoms with E-state index in [4.69, 9.17) is 14.6 Å². The second kappa shape index (κ2) is 9.62. The van der Waals surface area contributed by atoms with Crippen molar-refractivity contribution in [2.45, 2.75) is 32.4 Å². The quantitative estimate of drug-likeness (QED) is 0.320. The molecule has 0 radical (unpaired) electrons. The predicted octanol–water partition coefficient (Wildman–Crippen LogP) is 5.93. The van der Waals surface area contributed by atoms with Crippen LogP contribution in [-0.2, 0) is 6.54 Å². The number of amides is 1. The smallest absolute Gasteiger partial charge is 0.257 e. The van der Waals surface area contributed by atoms with E-state index < -0.39 is 5.82 Å². The number of aryl methyl sites for hydroxylation is 1. The predicted molar refractivity (Wildman–Crippen MR) is 131 cm³/mol. The first-order valence-electron chi connectivity index (χ1n) is 11.6. The number of carbonyl (C=O) groups is 1. The number of aromatic nitrogens is 2. The van der Waals surface area contributed by atoms with Gasteiger partial charge in [0.25, 0.3) is 5.91 Å². The Labute approximate surface area is 203 Å². The van der Waals surface area contributed by atoms with Crippen LogP contribution < -0.4 is 9.47 Å². The lowest BCUT2D eigenvalue weighted by atomic mass is 10.1. The van der Waals surface area contributed by atoms with Gasteiger partial charge in [0.1, 0.15) is 17.3 Å². The van der Waals surface area contributed by atoms with Crippen molar-refractivity contribution < 1.29 is 18.7 Å². The molecule has 7 heteroatoms. The number of nitrogens with zero attached hydrogens (tertiary/aromatic N) is 3. The molecule has 1 amide bonds. The van der Waals surface area contributed by atoms with Gasteiger partial charge in [0.05, 0.1) is 36.2 Å². The minimum absolute atomic E-state index is 0.0613. The molecule has 178 valence electrons. The van der Waals surface area contributed by atoms with Gasteiger partial charge in [-0.2, -0.15) is 5.10 Å². The highest BCUT2D eigenvalue weighted by atomic mass is 19.1. The lowest BCUT2D eigenvalue weighted by molar-refractivity contribution is 0.0724. The SMILES string of the molecule is COc1cccc(Oc2c(CN(C(=O)c3ccccc3F)C3CC3)c(C)nn2-c2ccccc2)c1. The van der Waals surface area contributed by atoms with Crippen molar-refractivity contribution in [2.24, 2.45) is 0 Å². The van der Waals surface area contributed by atoms with Gasteiger partial charge in [-0.3, -0.25) is 4.79 Å². The largest absolute Gasteiger partial charge is 0.497 e. The lowest BCUT2D eigenvalue weighted by Crippen LogP contribution is -2.33. The normalized spacial score (nSPS) is 12.9. The van der Waals surface area contributed by atoms with Crippen LogP contribution in [0.4, 0.5) is 4.39 Å². The standard InChI is InChI=1S/C28H26FN3O3/c1-19-25(18-31(20-15-16-20)27(33)24-13-6-7-14-26(24)29)28(32(30-19)21-9-4-3-5-10-21)35-23-12-8-11-22(17-23)34-2/h3-14,17,20H,15-16,18H2,1-2H3. The molecule has 1 aliphatic carbocycles. The highest BCUT2D eigenvalue weighted by Gasteiger charge is 2.36. The monoisotopic (exact) mass is 471 g/mol. The minimum atomic E-state index is -0.521. The fourth-order valence-electron chi connectivity index (χ4n) is 4.06. The summed E-state index contributed by atoms with van der Waals surface area (Å²) in [5.74, 6) is 0.911. The van der Waals surface area contributed by atoms with Gasteiger partial charge >= 0.3 is 0 Å². The molecule has 1 heterocycles. The number of benzene rings is 3. The van der Waals surface area contributed by atoms with E-state index >= 15 is 0 Å². The zero-order valence-electron chi connectivity index (χ0n) is 19.6. The van der Waals surface area contributed by atoms with Crippen LogP contribution in [-0.4, -0.2) is 33.7 Å². The van der Waals surface area contributed by atoms with E-state index in [0.717, 1.165) is 29.8 Å². The van der Waals surface area contributed by atoms with E-state index in [9.17, 15) is 9.18 Å². The molecule has 1 saturated carbocycles. The Bertz CT molecular complexity index is 1350. The van der Waals surface area contributed by atoms with Gasteiger partial charge in [-0.05, 0) is 56.2 Å². The molecule has 3 aromatic carbocycles. The summed E-state index contributed by atoms with van der Waals surface area (Å²) in [5, 5.41) is 4.75. The number of ether oxygens (including phenoxy) is 2. The van der Waals surface area contributed by atoms with Gasteiger partial charge in [-0.1, -0.05) is 36.4 Å². The van der Waals surface area contributed by atoms with Gasteiger partial charge in [0, 0.05) is 12.1 Å². The second-order valence-corrected chi connectivity index (χ2v) is 8.54. The van der Waals surface area contributed by atoms with Gasteiger partial charge < -0.3 is 14.4 Å². The van der Waals surface area contributed by atoms with Gasteiger partial charge in [0.15, 0.2) is 0 Å². The Kier molecular flexibility index (Phi) is 6.23. The molecular formula is C28H26FN3O3. The summed E-state index contributed by atoms with van der Waals surface area (Å²) in [6.45, 7) is 2.15. The van der Waals surface area contributed by atoms with Gasteiger partial charge in [0.2, 0.25) is 5.88 Å². The maximum atomic E-state index is 14.5. The molecule has 0 spiro atoms. The molecule has 4 aromatic rings. The number of hydrogen-bond donors (Lipinski definition) is 0. The molecule has 35 heavy (non-hydrogen) atoms. The zero-order valence-corrected chi connectivity index (χ0v) is 19.6. The molecule has 0 unspecified atom stereocenters. The highest BCUT2D eigenvalue weighted by molar-refractivity contribution is 5.95. The Balaban J connectivity index is 1.56. The maximum Gasteiger partial charge on any atom is 0.257 e. The van der Waals surface area contributed by atoms with E-state index in [1.165, 1.54) is 12.1 Å². The van der Waals surface area contributed by atoms with Gasteiger partial charge in [-0.25, -0.2) is 9.07 Å². The van der Waals surface area contributed by atoms with Crippen molar-refractivity contribution in [3.05, 3.63) is 102 Å². The summed E-state index contributed by atoms with van der Waals surface area (Å²) in [4.78, 5) is 15.1. The van der Waals surface area contributed by atoms with E-state index in [0.29, 0.717) is 17.4 Å². The molecule has 1 aliphatic rings. The summed E-state index contributed by atoms with van der Waals surface area (Å²) < 4.78 is 27.9. The molecule has 6 nitrogen and oxygen atoms in total. The van der Waals surface area contributed by atoms with E-state index in [1.54, 1.807) is 34.9 Å². The Morgan fingerprint density at radius 2 is 1.74 bits per heavy atom. The highest BCUT2D eigenvalue weighted by Crippen LogP contribution is 2.36. The first kappa shape index (κ1) is 22.7. The molecule has 0 bridgehead atoms. The number of hydrogen-bond acceptors (Lipinski definition) is 4. The first-order valence-corrected chi connectivity index (χ1v) is 11.6. The Morgan fingerprint density at radius 1 is 1.03 bits per heavy atom. The van der Waals surface area contributed by atoms with Gasteiger partial charge in [-0.15, -0.1) is 0 Å². The number of carbonyl (C=O) groups excluding carboxylic acids is 1. The van der Waals surface area contributed by atoms with E-state index in [1.807, 2.05) is 55.5 Å². The van der Waals surface area contributed by atoms with Crippen LogP contribution >= 0.6 is 0 Å². The third kappa shape index (κ3) is 4.75. The summed E-state index contributed by atoms with van der Waals surface area (Å²) in [7, 11) is 1.60. The zero-order chi connectivity index (χ0) is 24.4. The van der Waals surface area contributed by atoms with Crippen molar-refractivity contribution in [1.29, 1.82) is 0 Å². The van der Waals surface area contributed by atoms with Crippen LogP contribution in [0.1, 0.15) is 34.5 Å². The van der Waals surface area contributed by atoms with Crippen LogP contribution in [0.25, 0.3) is 5.69 Å². The van der Waals surface area contributed by atoms with E-state index in [2.05, 4.69) is 0 Å². The average molecular weight is 472 g/mol. The van der Waals surface area contributed by atoms with Crippen molar-refractivity contribution in [2.75, 3.05) is 7.11 Å². The molecule has 0 atom stereocenters. The first-order chi connectivity index (χ1) is 17.0. The maximum absolute atomic E-state index is 14.5. The molecular weight excluding hydrogens is 445 g/mol. The molecule has 1 fully saturated rings. The third-order valence-electron chi connectivity index (χ3n) is 6.07. The van der Waals surface area contributed by atoms with Crippen LogP contribution in [0, 0.1) is 12.7 Å². The molecule has 5 rings (SSSR count). The molecule has 0 aliphatic heterocycles. The number of methoxy groups -OCH3 is 1. The molecule has 0 saturated heterocycles. The Morgan fingerprint density at radius 3 is 2.46 bits per heavy atom. The number of halogens is 1. The molecule has 1 aromatic heterocycles. The summed E-state index contributed by atoms with van der Waals surface area (Å²) >= 11 is 0. The molecule has 0 N–H and O–H groups in total.